The predicted octanol–water partition coefficient (Wildman–Crippen LogP) is 1.98. The van der Waals surface area contributed by atoms with Crippen molar-refractivity contribution in [2.45, 2.75) is 10.8 Å². The molecular weight excluding hydrogens is 460 g/mol. The molecule has 184 valence electrons. The number of methoxy groups -OCH3 is 3. The first-order chi connectivity index (χ1) is 16.4. The minimum atomic E-state index is -3.77. The van der Waals surface area contributed by atoms with Crippen molar-refractivity contribution in [1.29, 1.82) is 0 Å². The van der Waals surface area contributed by atoms with Gasteiger partial charge in [-0.3, -0.25) is 4.79 Å². The van der Waals surface area contributed by atoms with Gasteiger partial charge in [-0.05, 0) is 29.8 Å². The fourth-order valence-corrected chi connectivity index (χ4v) is 6.14. The maximum atomic E-state index is 13.6. The lowest BCUT2D eigenvalue weighted by molar-refractivity contribution is -0.139. The average Bonchev–Trinajstić information content (AvgIpc) is 3.34. The van der Waals surface area contributed by atoms with E-state index in [9.17, 15) is 13.2 Å². The van der Waals surface area contributed by atoms with Crippen LogP contribution in [0.15, 0.2) is 47.4 Å². The summed E-state index contributed by atoms with van der Waals surface area (Å²) in [4.78, 5) is 15.6. The number of carbonyl (C=O) groups is 1. The second-order valence-electron chi connectivity index (χ2n) is 8.24. The van der Waals surface area contributed by atoms with Crippen LogP contribution in [0, 0.1) is 5.92 Å². The molecule has 2 atom stereocenters. The molecule has 0 radical (unpaired) electrons. The summed E-state index contributed by atoms with van der Waals surface area (Å²) >= 11 is 0. The molecule has 0 unspecified atom stereocenters. The lowest BCUT2D eigenvalue weighted by atomic mass is 9.87. The fourth-order valence-electron chi connectivity index (χ4n) is 4.63. The summed E-state index contributed by atoms with van der Waals surface area (Å²) < 4.78 is 50.1. The Bertz CT molecular complexity index is 1090. The monoisotopic (exact) mass is 490 g/mol. The van der Waals surface area contributed by atoms with Crippen molar-refractivity contribution in [3.63, 3.8) is 0 Å². The molecule has 0 bridgehead atoms. The molecular formula is C24H30N2O7S. The second-order valence-corrected chi connectivity index (χ2v) is 10.2. The SMILES string of the molecule is COc1cc([C@H]2CN(S(=O)(=O)c3ccccc3)C[C@@H]2C(=O)N2CCOCC2)cc(OC)c1OC. The summed E-state index contributed by atoms with van der Waals surface area (Å²) in [5, 5.41) is 0. The van der Waals surface area contributed by atoms with Crippen LogP contribution < -0.4 is 14.2 Å². The minimum absolute atomic E-state index is 0.0761. The standard InChI is InChI=1S/C24H30N2O7S/c1-30-21-13-17(14-22(31-2)23(21)32-3)19-15-26(34(28,29)18-7-5-4-6-8-18)16-20(19)24(27)25-9-11-33-12-10-25/h4-8,13-14,19-20H,9-12,15-16H2,1-3H3/t19-,20+/m1/s1. The zero-order valence-corrected chi connectivity index (χ0v) is 20.4. The van der Waals surface area contributed by atoms with Gasteiger partial charge in [-0.25, -0.2) is 8.42 Å². The van der Waals surface area contributed by atoms with Gasteiger partial charge in [0.15, 0.2) is 11.5 Å². The van der Waals surface area contributed by atoms with Crippen LogP contribution in [0.4, 0.5) is 0 Å². The molecule has 34 heavy (non-hydrogen) atoms. The summed E-state index contributed by atoms with van der Waals surface area (Å²) in [5.41, 5.74) is 0.756. The van der Waals surface area contributed by atoms with Crippen LogP contribution in [0.1, 0.15) is 11.5 Å². The first kappa shape index (κ1) is 24.3. The Morgan fingerprint density at radius 3 is 2.12 bits per heavy atom. The van der Waals surface area contributed by atoms with Gasteiger partial charge in [-0.1, -0.05) is 18.2 Å². The van der Waals surface area contributed by atoms with Crippen molar-refractivity contribution in [3.05, 3.63) is 48.0 Å². The van der Waals surface area contributed by atoms with Crippen molar-refractivity contribution < 1.29 is 32.2 Å². The van der Waals surface area contributed by atoms with Gasteiger partial charge in [0.2, 0.25) is 21.7 Å². The first-order valence-corrected chi connectivity index (χ1v) is 12.6. The molecule has 1 amide bonds. The topological polar surface area (TPSA) is 94.6 Å². The van der Waals surface area contributed by atoms with E-state index in [2.05, 4.69) is 0 Å². The zero-order chi connectivity index (χ0) is 24.3. The highest BCUT2D eigenvalue weighted by Gasteiger charge is 2.45. The highest BCUT2D eigenvalue weighted by atomic mass is 32.2. The molecule has 2 aliphatic rings. The van der Waals surface area contributed by atoms with E-state index in [1.54, 1.807) is 47.4 Å². The van der Waals surface area contributed by atoms with Gasteiger partial charge < -0.3 is 23.8 Å². The number of morpholine rings is 1. The van der Waals surface area contributed by atoms with E-state index in [-0.39, 0.29) is 29.8 Å². The summed E-state index contributed by atoms with van der Waals surface area (Å²) in [6.07, 6.45) is 0. The third kappa shape index (κ3) is 4.57. The lowest BCUT2D eigenvalue weighted by Gasteiger charge is -2.31. The Morgan fingerprint density at radius 2 is 1.56 bits per heavy atom. The van der Waals surface area contributed by atoms with Crippen LogP contribution in [0.3, 0.4) is 0 Å². The van der Waals surface area contributed by atoms with Gasteiger partial charge >= 0.3 is 0 Å². The van der Waals surface area contributed by atoms with E-state index in [0.717, 1.165) is 5.56 Å². The molecule has 2 fully saturated rings. The summed E-state index contributed by atoms with van der Waals surface area (Å²) in [6, 6.07) is 11.9. The van der Waals surface area contributed by atoms with Crippen LogP contribution >= 0.6 is 0 Å². The molecule has 0 N–H and O–H groups in total. The number of hydrogen-bond acceptors (Lipinski definition) is 7. The van der Waals surface area contributed by atoms with Crippen molar-refractivity contribution in [3.8, 4) is 17.2 Å². The Labute approximate surface area is 200 Å². The fraction of sp³-hybridized carbons (Fsp3) is 0.458. The first-order valence-electron chi connectivity index (χ1n) is 11.1. The smallest absolute Gasteiger partial charge is 0.243 e. The zero-order valence-electron chi connectivity index (χ0n) is 19.6. The molecule has 0 saturated carbocycles. The van der Waals surface area contributed by atoms with Crippen LogP contribution in [0.25, 0.3) is 0 Å². The van der Waals surface area contributed by atoms with Crippen LogP contribution in [-0.4, -0.2) is 84.3 Å². The number of carbonyl (C=O) groups excluding carboxylic acids is 1. The maximum Gasteiger partial charge on any atom is 0.243 e. The molecule has 9 nitrogen and oxygen atoms in total. The maximum absolute atomic E-state index is 13.6. The normalized spacial score (nSPS) is 21.3. The largest absolute Gasteiger partial charge is 0.493 e. The quantitative estimate of drug-likeness (QED) is 0.586. The predicted molar refractivity (Wildman–Crippen MR) is 125 cm³/mol. The number of hydrogen-bond donors (Lipinski definition) is 0. The average molecular weight is 491 g/mol. The summed E-state index contributed by atoms with van der Waals surface area (Å²) in [6.45, 7) is 2.18. The molecule has 10 heteroatoms. The van der Waals surface area contributed by atoms with Gasteiger partial charge in [0.05, 0.1) is 45.4 Å². The van der Waals surface area contributed by atoms with E-state index >= 15 is 0 Å². The minimum Gasteiger partial charge on any atom is -0.493 e. The number of benzene rings is 2. The van der Waals surface area contributed by atoms with E-state index < -0.39 is 15.9 Å². The molecule has 2 heterocycles. The molecule has 0 aromatic heterocycles. The number of nitrogens with zero attached hydrogens (tertiary/aromatic N) is 2. The van der Waals surface area contributed by atoms with Crippen molar-refractivity contribution in [1.82, 2.24) is 9.21 Å². The van der Waals surface area contributed by atoms with E-state index in [1.807, 2.05) is 0 Å². The second kappa shape index (κ2) is 10.2. The van der Waals surface area contributed by atoms with Crippen molar-refractivity contribution in [2.75, 3.05) is 60.7 Å². The Balaban J connectivity index is 1.74. The van der Waals surface area contributed by atoms with Gasteiger partial charge in [0.25, 0.3) is 0 Å². The molecule has 2 aromatic carbocycles. The van der Waals surface area contributed by atoms with Gasteiger partial charge in [-0.2, -0.15) is 4.31 Å². The molecule has 0 spiro atoms. The van der Waals surface area contributed by atoms with Crippen LogP contribution in [-0.2, 0) is 19.6 Å². The summed E-state index contributed by atoms with van der Waals surface area (Å²) in [7, 11) is 0.804. The van der Waals surface area contributed by atoms with E-state index in [0.29, 0.717) is 43.6 Å². The Morgan fingerprint density at radius 1 is 0.941 bits per heavy atom. The van der Waals surface area contributed by atoms with E-state index in [4.69, 9.17) is 18.9 Å². The Hall–Kier alpha value is -2.82. The number of sulfonamides is 1. The molecule has 2 aliphatic heterocycles. The third-order valence-electron chi connectivity index (χ3n) is 6.42. The number of amides is 1. The van der Waals surface area contributed by atoms with Gasteiger partial charge in [0, 0.05) is 32.1 Å². The Kier molecular flexibility index (Phi) is 7.30. The number of rotatable bonds is 7. The van der Waals surface area contributed by atoms with Crippen LogP contribution in [0.2, 0.25) is 0 Å². The van der Waals surface area contributed by atoms with Crippen LogP contribution in [0.5, 0.6) is 17.2 Å². The molecule has 2 aromatic rings. The van der Waals surface area contributed by atoms with E-state index in [1.165, 1.54) is 25.6 Å². The van der Waals surface area contributed by atoms with Crippen molar-refractivity contribution in [2.24, 2.45) is 5.92 Å². The third-order valence-corrected chi connectivity index (χ3v) is 8.27. The molecule has 4 rings (SSSR count). The number of ether oxygens (including phenoxy) is 4. The van der Waals surface area contributed by atoms with Gasteiger partial charge in [0.1, 0.15) is 0 Å². The highest BCUT2D eigenvalue weighted by molar-refractivity contribution is 7.89. The van der Waals surface area contributed by atoms with Crippen molar-refractivity contribution >= 4 is 15.9 Å². The molecule has 0 aliphatic carbocycles. The molecule has 2 saturated heterocycles. The highest BCUT2D eigenvalue weighted by Crippen LogP contribution is 2.44. The van der Waals surface area contributed by atoms with Gasteiger partial charge in [-0.15, -0.1) is 0 Å². The summed E-state index contributed by atoms with van der Waals surface area (Å²) in [5.74, 6) is 0.337. The lowest BCUT2D eigenvalue weighted by Crippen LogP contribution is -2.45.